The highest BCUT2D eigenvalue weighted by atomic mass is 16.5. The van der Waals surface area contributed by atoms with E-state index in [9.17, 15) is 33.6 Å². The van der Waals surface area contributed by atoms with Gasteiger partial charge in [0, 0.05) is 6.54 Å². The Kier molecular flexibility index (Phi) is 13.9. The van der Waals surface area contributed by atoms with Crippen molar-refractivity contribution in [1.29, 1.82) is 0 Å². The van der Waals surface area contributed by atoms with Gasteiger partial charge >= 0.3 is 0 Å². The number of amides is 7. The van der Waals surface area contributed by atoms with Crippen molar-refractivity contribution in [1.82, 2.24) is 37.2 Å². The Morgan fingerprint density at radius 2 is 0.706 bits per heavy atom. The van der Waals surface area contributed by atoms with Crippen LogP contribution in [0.4, 0.5) is 0 Å². The monoisotopic (exact) mass is 487 g/mol. The molecule has 0 radical (unpaired) electrons. The Morgan fingerprint density at radius 1 is 0.382 bits per heavy atom. The van der Waals surface area contributed by atoms with Crippen LogP contribution in [-0.4, -0.2) is 114 Å². The summed E-state index contributed by atoms with van der Waals surface area (Å²) in [5.41, 5.74) is 0. The van der Waals surface area contributed by atoms with Gasteiger partial charge in [-0.1, -0.05) is 0 Å². The molecule has 0 atom stereocenters. The molecular weight excluding hydrogens is 458 g/mol. The van der Waals surface area contributed by atoms with Gasteiger partial charge in [-0.25, -0.2) is 0 Å². The third-order valence-electron chi connectivity index (χ3n) is 3.85. The predicted molar refractivity (Wildman–Crippen MR) is 113 cm³/mol. The van der Waals surface area contributed by atoms with E-state index in [-0.39, 0.29) is 46.1 Å². The van der Waals surface area contributed by atoms with E-state index in [0.717, 1.165) is 0 Å². The maximum atomic E-state index is 11.7. The van der Waals surface area contributed by atoms with Crippen LogP contribution in [0.5, 0.6) is 0 Å². The van der Waals surface area contributed by atoms with E-state index in [1.807, 2.05) is 0 Å². The van der Waals surface area contributed by atoms with Gasteiger partial charge in [-0.2, -0.15) is 0 Å². The molecule has 7 amide bonds. The van der Waals surface area contributed by atoms with E-state index in [1.165, 1.54) is 0 Å². The van der Waals surface area contributed by atoms with Crippen molar-refractivity contribution in [3.63, 3.8) is 0 Å². The molecule has 1 fully saturated rings. The number of hydrogen-bond acceptors (Lipinski definition) is 9. The molecule has 0 aromatic heterocycles. The van der Waals surface area contributed by atoms with Crippen LogP contribution in [0.3, 0.4) is 0 Å². The summed E-state index contributed by atoms with van der Waals surface area (Å²) in [6.45, 7) is -2.10. The van der Waals surface area contributed by atoms with Gasteiger partial charge in [0.05, 0.1) is 59.1 Å². The fourth-order valence-corrected chi connectivity index (χ4v) is 2.15. The molecule has 0 spiro atoms. The fourth-order valence-electron chi connectivity index (χ4n) is 2.15. The molecule has 0 aromatic rings. The lowest BCUT2D eigenvalue weighted by atomic mass is 10.4. The molecule has 190 valence electrons. The Morgan fingerprint density at radius 3 is 1.12 bits per heavy atom. The molecular formula is C18H29N7O9. The summed E-state index contributed by atoms with van der Waals surface area (Å²) in [4.78, 5) is 81.6. The second-order valence-corrected chi connectivity index (χ2v) is 6.68. The number of hydrogen-bond donors (Lipinski definition) is 7. The van der Waals surface area contributed by atoms with Gasteiger partial charge in [0.25, 0.3) is 0 Å². The van der Waals surface area contributed by atoms with Crippen molar-refractivity contribution in [2.24, 2.45) is 0 Å². The number of carbonyl (C=O) groups excluding carboxylic acids is 7. The quantitative estimate of drug-likeness (QED) is 0.172. The molecule has 1 saturated heterocycles. The standard InChI is InChI=1S/C18H29N7O9/c26-12-5-20-13(27)6-21-14(28)7-22-15(29)8-23-16(30)9-24-17(31)10-25-18(32)11-34-4-3-33-2-1-19-12/h1-11H2,(H,19,26)(H,20,27)(H,21,28)(H,22,29)(H,23,30)(H,24,31)(H,25,32). The highest BCUT2D eigenvalue weighted by Gasteiger charge is 2.11. The van der Waals surface area contributed by atoms with Crippen LogP contribution in [0.15, 0.2) is 0 Å². The number of nitrogens with one attached hydrogen (secondary N) is 7. The van der Waals surface area contributed by atoms with Gasteiger partial charge in [0.1, 0.15) is 6.61 Å². The molecule has 0 saturated carbocycles. The molecule has 0 bridgehead atoms. The predicted octanol–water partition coefficient (Wildman–Crippen LogP) is -6.15. The Labute approximate surface area is 194 Å². The van der Waals surface area contributed by atoms with E-state index in [2.05, 4.69) is 37.2 Å². The molecule has 16 nitrogen and oxygen atoms in total. The average Bonchev–Trinajstić information content (AvgIpc) is 2.81. The minimum absolute atomic E-state index is 0.100. The van der Waals surface area contributed by atoms with Crippen molar-refractivity contribution < 1.29 is 43.0 Å². The van der Waals surface area contributed by atoms with Crippen LogP contribution in [-0.2, 0) is 43.0 Å². The summed E-state index contributed by atoms with van der Waals surface area (Å²) in [5, 5.41) is 16.1. The maximum Gasteiger partial charge on any atom is 0.246 e. The van der Waals surface area contributed by atoms with Crippen molar-refractivity contribution in [3.8, 4) is 0 Å². The van der Waals surface area contributed by atoms with Crippen LogP contribution < -0.4 is 37.2 Å². The SMILES string of the molecule is O=C1CNC(=O)CNC(=O)CNC(=O)CNC(=O)CNC(=O)CNC(=O)COCCOCCN1. The molecule has 1 rings (SSSR count). The smallest absolute Gasteiger partial charge is 0.246 e. The minimum Gasteiger partial charge on any atom is -0.377 e. The summed E-state index contributed by atoms with van der Waals surface area (Å²) < 4.78 is 10.3. The summed E-state index contributed by atoms with van der Waals surface area (Å²) in [7, 11) is 0. The van der Waals surface area contributed by atoms with Crippen molar-refractivity contribution in [2.75, 3.05) is 72.2 Å². The largest absolute Gasteiger partial charge is 0.377 e. The van der Waals surface area contributed by atoms with Gasteiger partial charge in [-0.15, -0.1) is 0 Å². The first-order valence-corrected chi connectivity index (χ1v) is 10.3. The fraction of sp³-hybridized carbons (Fsp3) is 0.611. The van der Waals surface area contributed by atoms with Gasteiger partial charge in [-0.3, -0.25) is 33.6 Å². The number of rotatable bonds is 0. The van der Waals surface area contributed by atoms with Crippen LogP contribution in [0.25, 0.3) is 0 Å². The molecule has 1 heterocycles. The zero-order valence-corrected chi connectivity index (χ0v) is 18.5. The lowest BCUT2D eigenvalue weighted by Gasteiger charge is -2.09. The third kappa shape index (κ3) is 15.1. The second kappa shape index (κ2) is 16.8. The van der Waals surface area contributed by atoms with E-state index in [1.54, 1.807) is 0 Å². The van der Waals surface area contributed by atoms with Gasteiger partial charge in [0.15, 0.2) is 0 Å². The van der Waals surface area contributed by atoms with Crippen molar-refractivity contribution in [2.45, 2.75) is 0 Å². The van der Waals surface area contributed by atoms with Gasteiger partial charge in [0.2, 0.25) is 41.4 Å². The lowest BCUT2D eigenvalue weighted by molar-refractivity contribution is -0.130. The van der Waals surface area contributed by atoms with Gasteiger partial charge < -0.3 is 46.7 Å². The third-order valence-corrected chi connectivity index (χ3v) is 3.85. The molecule has 7 N–H and O–H groups in total. The average molecular weight is 487 g/mol. The minimum atomic E-state index is -0.676. The molecule has 0 aliphatic carbocycles. The molecule has 34 heavy (non-hydrogen) atoms. The zero-order valence-electron chi connectivity index (χ0n) is 18.5. The Bertz CT molecular complexity index is 700. The number of ether oxygens (including phenoxy) is 2. The summed E-state index contributed by atoms with van der Waals surface area (Å²) >= 11 is 0. The summed E-state index contributed by atoms with van der Waals surface area (Å²) in [6.07, 6.45) is 0. The molecule has 1 aliphatic heterocycles. The van der Waals surface area contributed by atoms with Crippen molar-refractivity contribution >= 4 is 41.4 Å². The summed E-state index contributed by atoms with van der Waals surface area (Å²) in [5.74, 6) is -4.26. The second-order valence-electron chi connectivity index (χ2n) is 6.68. The molecule has 0 unspecified atom stereocenters. The lowest BCUT2D eigenvalue weighted by Crippen LogP contribution is -2.47. The molecule has 1 aliphatic rings. The highest BCUT2D eigenvalue weighted by Crippen LogP contribution is 1.80. The van der Waals surface area contributed by atoms with Crippen LogP contribution in [0.2, 0.25) is 0 Å². The van der Waals surface area contributed by atoms with E-state index >= 15 is 0 Å². The van der Waals surface area contributed by atoms with Crippen LogP contribution in [0, 0.1) is 0 Å². The van der Waals surface area contributed by atoms with Crippen LogP contribution in [0.1, 0.15) is 0 Å². The van der Waals surface area contributed by atoms with Crippen LogP contribution >= 0.6 is 0 Å². The van der Waals surface area contributed by atoms with Crippen molar-refractivity contribution in [3.05, 3.63) is 0 Å². The van der Waals surface area contributed by atoms with Gasteiger partial charge in [-0.05, 0) is 0 Å². The van der Waals surface area contributed by atoms with E-state index in [4.69, 9.17) is 9.47 Å². The topological polar surface area (TPSA) is 222 Å². The number of carbonyl (C=O) groups is 7. The summed E-state index contributed by atoms with van der Waals surface area (Å²) in [6, 6.07) is 0. The Hall–Kier alpha value is -3.79. The first kappa shape index (κ1) is 28.2. The maximum absolute atomic E-state index is 11.7. The highest BCUT2D eigenvalue weighted by molar-refractivity contribution is 5.92. The Balaban J connectivity index is 2.48. The molecule has 16 heteroatoms. The van der Waals surface area contributed by atoms with E-state index < -0.39 is 67.5 Å². The first-order chi connectivity index (χ1) is 16.3. The zero-order chi connectivity index (χ0) is 25.2. The first-order valence-electron chi connectivity index (χ1n) is 10.3. The van der Waals surface area contributed by atoms with E-state index in [0.29, 0.717) is 0 Å². The molecule has 0 aromatic carbocycles. The normalized spacial score (nSPS) is 20.3.